The predicted octanol–water partition coefficient (Wildman–Crippen LogP) is 4.63. The number of fused-ring (bicyclic) bond motifs is 1. The highest BCUT2D eigenvalue weighted by Crippen LogP contribution is 2.39. The van der Waals surface area contributed by atoms with E-state index < -0.39 is 17.7 Å². The number of methoxy groups -OCH3 is 1. The molecule has 0 unspecified atom stereocenters. The van der Waals surface area contributed by atoms with Gasteiger partial charge in [0.1, 0.15) is 11.5 Å². The minimum Gasteiger partial charge on any atom is -0.508 e. The van der Waals surface area contributed by atoms with Gasteiger partial charge in [0.05, 0.1) is 18.7 Å². The van der Waals surface area contributed by atoms with E-state index in [0.29, 0.717) is 12.0 Å². The molecule has 7 nitrogen and oxygen atoms in total. The quantitative estimate of drug-likeness (QED) is 0.340. The van der Waals surface area contributed by atoms with Gasteiger partial charge in [-0.15, -0.1) is 0 Å². The molecule has 0 saturated heterocycles. The van der Waals surface area contributed by atoms with Crippen molar-refractivity contribution in [3.8, 4) is 11.5 Å². The number of carbonyl (C=O) groups is 2. The van der Waals surface area contributed by atoms with E-state index in [1.165, 1.54) is 17.0 Å². The number of hydrogen-bond acceptors (Lipinski definition) is 5. The number of phenolic OH excluding ortho intramolecular Hbond substituents is 1. The zero-order valence-corrected chi connectivity index (χ0v) is 19.8. The number of rotatable bonds is 8. The van der Waals surface area contributed by atoms with E-state index in [0.717, 1.165) is 27.8 Å². The number of nitrogens with zero attached hydrogens (tertiary/aromatic N) is 1. The van der Waals surface area contributed by atoms with Crippen molar-refractivity contribution in [3.05, 3.63) is 107 Å². The van der Waals surface area contributed by atoms with Gasteiger partial charge in [0.25, 0.3) is 5.91 Å². The van der Waals surface area contributed by atoms with Gasteiger partial charge in [-0.25, -0.2) is 0 Å². The summed E-state index contributed by atoms with van der Waals surface area (Å²) >= 11 is 0. The molecule has 7 heteroatoms. The van der Waals surface area contributed by atoms with E-state index in [2.05, 4.69) is 4.98 Å². The lowest BCUT2D eigenvalue weighted by Crippen LogP contribution is -2.33. The molecule has 1 aromatic heterocycles. The Balaban J connectivity index is 1.47. The Hall–Kier alpha value is -4.52. The maximum atomic E-state index is 13.4. The molecule has 2 heterocycles. The van der Waals surface area contributed by atoms with Gasteiger partial charge < -0.3 is 24.8 Å². The van der Waals surface area contributed by atoms with Crippen LogP contribution in [-0.4, -0.2) is 45.4 Å². The summed E-state index contributed by atoms with van der Waals surface area (Å²) in [6.07, 6.45) is 2.47. The van der Waals surface area contributed by atoms with Crippen molar-refractivity contribution in [2.75, 3.05) is 13.7 Å². The number of aliphatic hydroxyl groups is 1. The molecule has 0 spiro atoms. The molecule has 1 aliphatic heterocycles. The number of aromatic hydroxyl groups is 1. The second-order valence-corrected chi connectivity index (χ2v) is 8.82. The normalized spacial score (nSPS) is 15.6. The number of ether oxygens (including phenoxy) is 1. The van der Waals surface area contributed by atoms with Crippen LogP contribution in [0, 0.1) is 0 Å². The number of aliphatic hydroxyl groups excluding tert-OH is 1. The Morgan fingerprint density at radius 3 is 2.50 bits per heavy atom. The first kappa shape index (κ1) is 23.2. The average Bonchev–Trinajstić information content (AvgIpc) is 3.41. The average molecular weight is 483 g/mol. The smallest absolute Gasteiger partial charge is 0.290 e. The molecular weight excluding hydrogens is 456 g/mol. The van der Waals surface area contributed by atoms with Crippen LogP contribution in [0.5, 0.6) is 11.5 Å². The molecule has 1 atom stereocenters. The van der Waals surface area contributed by atoms with Crippen LogP contribution >= 0.6 is 0 Å². The first-order chi connectivity index (χ1) is 17.5. The van der Waals surface area contributed by atoms with Crippen LogP contribution in [0.1, 0.15) is 22.7 Å². The first-order valence-electron chi connectivity index (χ1n) is 11.7. The highest BCUT2D eigenvalue weighted by molar-refractivity contribution is 6.09. The fourth-order valence-electron chi connectivity index (χ4n) is 4.78. The number of carbonyl (C=O) groups excluding carboxylic acids is 2. The topological polar surface area (TPSA) is 103 Å². The summed E-state index contributed by atoms with van der Waals surface area (Å²) in [4.78, 5) is 31.4. The zero-order chi connectivity index (χ0) is 25.2. The van der Waals surface area contributed by atoms with Crippen molar-refractivity contribution in [2.24, 2.45) is 0 Å². The fourth-order valence-corrected chi connectivity index (χ4v) is 4.78. The highest BCUT2D eigenvalue weighted by atomic mass is 16.5. The second-order valence-electron chi connectivity index (χ2n) is 8.82. The number of Topliss-reactive ketones (excluding diaryl/α,β-unsaturated/α-hetero) is 1. The number of aromatic amines is 1. The monoisotopic (exact) mass is 482 g/mol. The Morgan fingerprint density at radius 2 is 1.78 bits per heavy atom. The summed E-state index contributed by atoms with van der Waals surface area (Å²) in [5, 5.41) is 21.6. The largest absolute Gasteiger partial charge is 0.508 e. The van der Waals surface area contributed by atoms with Gasteiger partial charge in [-0.2, -0.15) is 0 Å². The number of ketones is 1. The van der Waals surface area contributed by atoms with Crippen LogP contribution in [0.25, 0.3) is 10.9 Å². The third-order valence-corrected chi connectivity index (χ3v) is 6.62. The zero-order valence-electron chi connectivity index (χ0n) is 19.8. The number of amides is 1. The molecule has 0 bridgehead atoms. The Kier molecular flexibility index (Phi) is 6.21. The van der Waals surface area contributed by atoms with Crippen molar-refractivity contribution in [2.45, 2.75) is 18.9 Å². The van der Waals surface area contributed by atoms with Crippen molar-refractivity contribution in [3.63, 3.8) is 0 Å². The Bertz CT molecular complexity index is 1450. The molecule has 36 heavy (non-hydrogen) atoms. The van der Waals surface area contributed by atoms with E-state index in [4.69, 9.17) is 4.74 Å². The van der Waals surface area contributed by atoms with E-state index in [1.54, 1.807) is 19.2 Å². The molecule has 0 radical (unpaired) electrons. The molecular formula is C29H26N2O5. The van der Waals surface area contributed by atoms with Gasteiger partial charge in [-0.1, -0.05) is 42.5 Å². The lowest BCUT2D eigenvalue weighted by atomic mass is 9.93. The number of aromatic nitrogens is 1. The van der Waals surface area contributed by atoms with Gasteiger partial charge in [0.15, 0.2) is 11.5 Å². The van der Waals surface area contributed by atoms with Gasteiger partial charge in [0.2, 0.25) is 0 Å². The maximum Gasteiger partial charge on any atom is 0.290 e. The first-order valence-corrected chi connectivity index (χ1v) is 11.7. The van der Waals surface area contributed by atoms with Crippen LogP contribution < -0.4 is 4.74 Å². The standard InChI is InChI=1S/C29H26N2O5/c1-36-22-11-12-24-23(16-22)20(17-30-24)13-14-31-27(19-7-9-21(32)10-8-19)26(28(34)29(31)35)25(33)15-18-5-3-2-4-6-18/h2-12,16-17,27,30,32,34H,13-15H2,1H3/t27-/m1/s1. The summed E-state index contributed by atoms with van der Waals surface area (Å²) in [6, 6.07) is 20.6. The summed E-state index contributed by atoms with van der Waals surface area (Å²) in [5.41, 5.74) is 3.46. The van der Waals surface area contributed by atoms with Crippen LogP contribution in [0.15, 0.2) is 90.3 Å². The van der Waals surface area contributed by atoms with Crippen LogP contribution in [-0.2, 0) is 22.4 Å². The molecule has 4 aromatic rings. The van der Waals surface area contributed by atoms with Crippen LogP contribution in [0.2, 0.25) is 0 Å². The Labute approximate surface area is 208 Å². The fraction of sp³-hybridized carbons (Fsp3) is 0.172. The van der Waals surface area contributed by atoms with Gasteiger partial charge in [-0.05, 0) is 53.4 Å². The molecule has 182 valence electrons. The van der Waals surface area contributed by atoms with E-state index in [-0.39, 0.29) is 30.1 Å². The lowest BCUT2D eigenvalue weighted by molar-refractivity contribution is -0.129. The Morgan fingerprint density at radius 1 is 1.03 bits per heavy atom. The van der Waals surface area contributed by atoms with E-state index in [9.17, 15) is 19.8 Å². The number of benzene rings is 3. The minimum atomic E-state index is -0.756. The number of phenols is 1. The number of nitrogens with one attached hydrogen (secondary N) is 1. The molecule has 1 aliphatic rings. The van der Waals surface area contributed by atoms with Crippen molar-refractivity contribution < 1.29 is 24.5 Å². The van der Waals surface area contributed by atoms with E-state index in [1.807, 2.05) is 54.7 Å². The molecule has 5 rings (SSSR count). The summed E-state index contributed by atoms with van der Waals surface area (Å²) in [6.45, 7) is 0.278. The third kappa shape index (κ3) is 4.31. The molecule has 3 aromatic carbocycles. The molecule has 0 saturated carbocycles. The van der Waals surface area contributed by atoms with Crippen molar-refractivity contribution >= 4 is 22.6 Å². The summed E-state index contributed by atoms with van der Waals surface area (Å²) in [5.74, 6) is -0.607. The number of hydrogen-bond donors (Lipinski definition) is 3. The maximum absolute atomic E-state index is 13.4. The van der Waals surface area contributed by atoms with Crippen molar-refractivity contribution in [1.29, 1.82) is 0 Å². The predicted molar refractivity (Wildman–Crippen MR) is 136 cm³/mol. The van der Waals surface area contributed by atoms with Crippen LogP contribution in [0.3, 0.4) is 0 Å². The SMILES string of the molecule is COc1ccc2[nH]cc(CCN3C(=O)C(O)=C(C(=O)Cc4ccccc4)[C@H]3c3ccc(O)cc3)c2c1. The summed E-state index contributed by atoms with van der Waals surface area (Å²) in [7, 11) is 1.61. The lowest BCUT2D eigenvalue weighted by Gasteiger charge is -2.27. The molecule has 0 fully saturated rings. The highest BCUT2D eigenvalue weighted by Gasteiger charge is 2.43. The molecule has 1 amide bonds. The van der Waals surface area contributed by atoms with Gasteiger partial charge in [0, 0.05) is 30.1 Å². The minimum absolute atomic E-state index is 0.0676. The summed E-state index contributed by atoms with van der Waals surface area (Å²) < 4.78 is 5.35. The third-order valence-electron chi connectivity index (χ3n) is 6.62. The van der Waals surface area contributed by atoms with Crippen LogP contribution in [0.4, 0.5) is 0 Å². The molecule has 0 aliphatic carbocycles. The molecule has 3 N–H and O–H groups in total. The van der Waals surface area contributed by atoms with E-state index >= 15 is 0 Å². The second kappa shape index (κ2) is 9.62. The number of H-pyrrole nitrogens is 1. The van der Waals surface area contributed by atoms with Crippen molar-refractivity contribution in [1.82, 2.24) is 9.88 Å². The van der Waals surface area contributed by atoms with Gasteiger partial charge >= 0.3 is 0 Å². The van der Waals surface area contributed by atoms with Gasteiger partial charge in [-0.3, -0.25) is 9.59 Å².